The maximum Gasteiger partial charge on any atom is 0.280 e. The number of likely N-dealkylation sites (tertiary alicyclic amines) is 1. The van der Waals surface area contributed by atoms with Crippen LogP contribution in [0.1, 0.15) is 32.8 Å². The van der Waals surface area contributed by atoms with Crippen LogP contribution in [0.15, 0.2) is 18.2 Å². The van der Waals surface area contributed by atoms with Gasteiger partial charge >= 0.3 is 0 Å². The first-order chi connectivity index (χ1) is 13.9. The zero-order valence-corrected chi connectivity index (χ0v) is 18.8. The summed E-state index contributed by atoms with van der Waals surface area (Å²) in [6.45, 7) is 13.8. The minimum Gasteiger partial charge on any atom is -0.493 e. The molecule has 1 aromatic carbocycles. The van der Waals surface area contributed by atoms with Crippen LogP contribution in [0.2, 0.25) is 0 Å². The molecule has 2 N–H and O–H groups in total. The fourth-order valence-electron chi connectivity index (χ4n) is 5.11. The Morgan fingerprint density at radius 2 is 1.69 bits per heavy atom. The van der Waals surface area contributed by atoms with Crippen molar-refractivity contribution in [1.29, 1.82) is 0 Å². The number of piperidine rings is 1. The molecular formula is C23H39N3O3+2. The lowest BCUT2D eigenvalue weighted by molar-refractivity contribution is -1.02. The Bertz CT molecular complexity index is 678. The number of amides is 1. The van der Waals surface area contributed by atoms with Gasteiger partial charge in [0.2, 0.25) is 0 Å². The highest BCUT2D eigenvalue weighted by Crippen LogP contribution is 2.27. The smallest absolute Gasteiger partial charge is 0.280 e. The summed E-state index contributed by atoms with van der Waals surface area (Å²) in [6.07, 6.45) is 1.24. The predicted molar refractivity (Wildman–Crippen MR) is 114 cm³/mol. The third-order valence-corrected chi connectivity index (χ3v) is 6.66. The first-order valence-corrected chi connectivity index (χ1v) is 11.1. The van der Waals surface area contributed by atoms with Gasteiger partial charge in [-0.15, -0.1) is 0 Å². The zero-order chi connectivity index (χ0) is 21.0. The van der Waals surface area contributed by atoms with Crippen LogP contribution >= 0.6 is 0 Å². The molecule has 3 atom stereocenters. The molecule has 1 amide bonds. The molecule has 0 aliphatic carbocycles. The molecular weight excluding hydrogens is 366 g/mol. The van der Waals surface area contributed by atoms with Crippen molar-refractivity contribution in [2.24, 2.45) is 11.8 Å². The summed E-state index contributed by atoms with van der Waals surface area (Å²) in [6, 6.07) is 6.25. The molecule has 0 radical (unpaired) electrons. The van der Waals surface area contributed by atoms with Gasteiger partial charge in [0.25, 0.3) is 5.91 Å². The number of ether oxygens (including phenoxy) is 2. The van der Waals surface area contributed by atoms with Crippen molar-refractivity contribution in [1.82, 2.24) is 4.90 Å². The highest BCUT2D eigenvalue weighted by molar-refractivity contribution is 5.80. The minimum absolute atomic E-state index is 0.0649. The van der Waals surface area contributed by atoms with E-state index in [9.17, 15) is 4.79 Å². The maximum absolute atomic E-state index is 13.1. The molecule has 29 heavy (non-hydrogen) atoms. The Morgan fingerprint density at radius 3 is 2.28 bits per heavy atom. The summed E-state index contributed by atoms with van der Waals surface area (Å²) >= 11 is 0. The van der Waals surface area contributed by atoms with E-state index in [-0.39, 0.29) is 6.04 Å². The SMILES string of the molecule is COc1ccc(C[NH+]2CC[NH+]([C@H](C)C(=O)N3C[C@@H](C)C[C@H](C)C3)CC2)cc1OC. The summed E-state index contributed by atoms with van der Waals surface area (Å²) in [5.74, 6) is 3.15. The monoisotopic (exact) mass is 405 g/mol. The molecule has 0 unspecified atom stereocenters. The Kier molecular flexibility index (Phi) is 7.41. The number of nitrogens with zero attached hydrogens (tertiary/aromatic N) is 1. The third kappa shape index (κ3) is 5.43. The molecule has 2 aliphatic heterocycles. The number of rotatable bonds is 6. The topological polar surface area (TPSA) is 47.7 Å². The number of quaternary nitrogens is 2. The average molecular weight is 406 g/mol. The van der Waals surface area contributed by atoms with Crippen molar-refractivity contribution in [2.45, 2.75) is 39.8 Å². The third-order valence-electron chi connectivity index (χ3n) is 6.66. The second-order valence-corrected chi connectivity index (χ2v) is 9.19. The van der Waals surface area contributed by atoms with Gasteiger partial charge in [-0.25, -0.2) is 0 Å². The molecule has 2 saturated heterocycles. The van der Waals surface area contributed by atoms with Crippen molar-refractivity contribution >= 4 is 5.91 Å². The summed E-state index contributed by atoms with van der Waals surface area (Å²) in [7, 11) is 3.34. The van der Waals surface area contributed by atoms with E-state index in [1.54, 1.807) is 19.1 Å². The van der Waals surface area contributed by atoms with E-state index >= 15 is 0 Å². The average Bonchev–Trinajstić information content (AvgIpc) is 2.72. The summed E-state index contributed by atoms with van der Waals surface area (Å²) in [4.78, 5) is 18.2. The van der Waals surface area contributed by atoms with Crippen LogP contribution < -0.4 is 19.3 Å². The number of hydrogen-bond donors (Lipinski definition) is 2. The Labute approximate surface area is 175 Å². The van der Waals surface area contributed by atoms with E-state index in [2.05, 4.69) is 37.8 Å². The van der Waals surface area contributed by atoms with Gasteiger partial charge in [-0.3, -0.25) is 4.79 Å². The lowest BCUT2D eigenvalue weighted by atomic mass is 9.91. The Morgan fingerprint density at radius 1 is 1.07 bits per heavy atom. The van der Waals surface area contributed by atoms with E-state index in [1.807, 2.05) is 6.07 Å². The van der Waals surface area contributed by atoms with Crippen molar-refractivity contribution in [2.75, 3.05) is 53.5 Å². The van der Waals surface area contributed by atoms with Gasteiger partial charge in [-0.1, -0.05) is 13.8 Å². The van der Waals surface area contributed by atoms with E-state index in [4.69, 9.17) is 9.47 Å². The van der Waals surface area contributed by atoms with Gasteiger partial charge in [0.15, 0.2) is 17.5 Å². The molecule has 6 heteroatoms. The molecule has 162 valence electrons. The van der Waals surface area contributed by atoms with Crippen LogP contribution in [0.3, 0.4) is 0 Å². The highest BCUT2D eigenvalue weighted by atomic mass is 16.5. The number of nitrogens with one attached hydrogen (secondary N) is 2. The lowest BCUT2D eigenvalue weighted by Crippen LogP contribution is -3.29. The second kappa shape index (κ2) is 9.81. The molecule has 3 rings (SSSR count). The number of benzene rings is 1. The van der Waals surface area contributed by atoms with Crippen molar-refractivity contribution in [3.05, 3.63) is 23.8 Å². The largest absolute Gasteiger partial charge is 0.493 e. The van der Waals surface area contributed by atoms with Gasteiger partial charge in [-0.2, -0.15) is 0 Å². The molecule has 0 saturated carbocycles. The minimum atomic E-state index is 0.0649. The first kappa shape index (κ1) is 21.9. The highest BCUT2D eigenvalue weighted by Gasteiger charge is 2.35. The zero-order valence-electron chi connectivity index (χ0n) is 18.8. The molecule has 0 aromatic heterocycles. The standard InChI is InChI=1S/C23H37N3O3/c1-17-12-18(2)15-26(14-17)23(27)19(3)25-10-8-24(9-11-25)16-20-6-7-21(28-4)22(13-20)29-5/h6-7,13,17-19H,8-12,14-16H2,1-5H3/p+2/t17-,18-,19+/m0/s1. The first-order valence-electron chi connectivity index (χ1n) is 11.1. The van der Waals surface area contributed by atoms with Crippen LogP contribution in [0.5, 0.6) is 11.5 Å². The molecule has 0 bridgehead atoms. The fourth-order valence-corrected chi connectivity index (χ4v) is 5.11. The fraction of sp³-hybridized carbons (Fsp3) is 0.696. The van der Waals surface area contributed by atoms with Crippen molar-refractivity contribution < 1.29 is 24.1 Å². The lowest BCUT2D eigenvalue weighted by Gasteiger charge is -2.38. The van der Waals surface area contributed by atoms with Crippen molar-refractivity contribution in [3.8, 4) is 11.5 Å². The van der Waals surface area contributed by atoms with Crippen LogP contribution in [0, 0.1) is 11.8 Å². The van der Waals surface area contributed by atoms with Crippen LogP contribution in [-0.4, -0.2) is 70.3 Å². The normalized spacial score (nSPS) is 28.7. The summed E-state index contributed by atoms with van der Waals surface area (Å²) < 4.78 is 10.8. The van der Waals surface area contributed by atoms with Gasteiger partial charge in [0, 0.05) is 18.7 Å². The number of hydrogen-bond acceptors (Lipinski definition) is 3. The maximum atomic E-state index is 13.1. The molecule has 2 heterocycles. The van der Waals surface area contributed by atoms with Gasteiger partial charge in [0.1, 0.15) is 32.7 Å². The van der Waals surface area contributed by atoms with E-state index < -0.39 is 0 Å². The molecule has 0 spiro atoms. The Hall–Kier alpha value is -1.79. The van der Waals surface area contributed by atoms with Crippen LogP contribution in [0.25, 0.3) is 0 Å². The van der Waals surface area contributed by atoms with Crippen LogP contribution in [-0.2, 0) is 11.3 Å². The molecule has 1 aromatic rings. The summed E-state index contributed by atoms with van der Waals surface area (Å²) in [5.41, 5.74) is 1.27. The van der Waals surface area contributed by atoms with E-state index in [1.165, 1.54) is 16.9 Å². The Balaban J connectivity index is 1.51. The number of carbonyl (C=O) groups excluding carboxylic acids is 1. The number of methoxy groups -OCH3 is 2. The number of carbonyl (C=O) groups is 1. The van der Waals surface area contributed by atoms with Gasteiger partial charge < -0.3 is 24.2 Å². The molecule has 6 nitrogen and oxygen atoms in total. The van der Waals surface area contributed by atoms with E-state index in [0.717, 1.165) is 57.3 Å². The molecule has 2 aliphatic rings. The molecule has 2 fully saturated rings. The van der Waals surface area contributed by atoms with Gasteiger partial charge in [-0.05, 0) is 43.4 Å². The van der Waals surface area contributed by atoms with Crippen molar-refractivity contribution in [3.63, 3.8) is 0 Å². The second-order valence-electron chi connectivity index (χ2n) is 9.19. The number of piperazine rings is 1. The van der Waals surface area contributed by atoms with E-state index in [0.29, 0.717) is 17.7 Å². The van der Waals surface area contributed by atoms with Crippen LogP contribution in [0.4, 0.5) is 0 Å². The van der Waals surface area contributed by atoms with Gasteiger partial charge in [0.05, 0.1) is 14.2 Å². The summed E-state index contributed by atoms with van der Waals surface area (Å²) in [5, 5.41) is 0. The quantitative estimate of drug-likeness (QED) is 0.694. The predicted octanol–water partition coefficient (Wildman–Crippen LogP) is -0.120.